The smallest absolute Gasteiger partial charge is 0.229 e. The molecule has 1 aromatic carbocycles. The van der Waals surface area contributed by atoms with Gasteiger partial charge in [-0.25, -0.2) is 9.97 Å². The highest BCUT2D eigenvalue weighted by Crippen LogP contribution is 2.42. The lowest BCUT2D eigenvalue weighted by atomic mass is 10.2. The predicted molar refractivity (Wildman–Crippen MR) is 95.7 cm³/mol. The van der Waals surface area contributed by atoms with E-state index in [2.05, 4.69) is 30.6 Å². The lowest BCUT2D eigenvalue weighted by Gasteiger charge is -2.12. The Hall–Kier alpha value is -3.16. The molecule has 1 fully saturated rings. The Morgan fingerprint density at radius 1 is 1.32 bits per heavy atom. The van der Waals surface area contributed by atoms with Crippen LogP contribution in [0.1, 0.15) is 30.7 Å². The van der Waals surface area contributed by atoms with Gasteiger partial charge in [0.1, 0.15) is 5.82 Å². The predicted octanol–water partition coefficient (Wildman–Crippen LogP) is 2.26. The van der Waals surface area contributed by atoms with Crippen molar-refractivity contribution in [3.8, 4) is 0 Å². The van der Waals surface area contributed by atoms with E-state index in [0.717, 1.165) is 40.9 Å². The van der Waals surface area contributed by atoms with E-state index in [1.807, 2.05) is 24.4 Å². The van der Waals surface area contributed by atoms with Crippen molar-refractivity contribution in [3.63, 3.8) is 0 Å². The summed E-state index contributed by atoms with van der Waals surface area (Å²) in [6.07, 6.45) is 6.09. The van der Waals surface area contributed by atoms with Gasteiger partial charge in [-0.1, -0.05) is 0 Å². The fraction of sp³-hybridized carbons (Fsp3) is 0.294. The Morgan fingerprint density at radius 3 is 3.00 bits per heavy atom. The Labute approximate surface area is 144 Å². The Bertz CT molecular complexity index is 916. The second-order valence-corrected chi connectivity index (χ2v) is 6.17. The molecule has 8 heteroatoms. The van der Waals surface area contributed by atoms with E-state index in [-0.39, 0.29) is 12.3 Å². The standard InChI is InChI=1S/C17H19N7O/c18-15(25)5-6-19-16-12(10-1-2-10)8-20-17(24-16)23-11-3-4-13-14(7-11)22-9-21-13/h3-4,7-10H,1-2,5-6H2,(H2,18,25)(H,21,22)(H2,19,20,23,24). The number of nitrogens with two attached hydrogens (primary N) is 1. The Balaban J connectivity index is 1.55. The maximum atomic E-state index is 10.9. The molecule has 3 aromatic rings. The molecule has 25 heavy (non-hydrogen) atoms. The molecule has 128 valence electrons. The van der Waals surface area contributed by atoms with Gasteiger partial charge in [-0.2, -0.15) is 4.98 Å². The number of H-pyrrole nitrogens is 1. The minimum atomic E-state index is -0.333. The Kier molecular flexibility index (Phi) is 3.93. The summed E-state index contributed by atoms with van der Waals surface area (Å²) >= 11 is 0. The van der Waals surface area contributed by atoms with Gasteiger partial charge in [0.2, 0.25) is 11.9 Å². The summed E-state index contributed by atoms with van der Waals surface area (Å²) in [5, 5.41) is 6.42. The van der Waals surface area contributed by atoms with Crippen LogP contribution in [0.5, 0.6) is 0 Å². The molecule has 0 radical (unpaired) electrons. The summed E-state index contributed by atoms with van der Waals surface area (Å²) in [5.74, 6) is 1.45. The number of fused-ring (bicyclic) bond motifs is 1. The largest absolute Gasteiger partial charge is 0.370 e. The lowest BCUT2D eigenvalue weighted by Crippen LogP contribution is -2.17. The molecule has 0 saturated heterocycles. The second kappa shape index (κ2) is 6.39. The molecular formula is C17H19N7O. The first-order valence-electron chi connectivity index (χ1n) is 8.28. The third-order valence-corrected chi connectivity index (χ3v) is 4.17. The number of anilines is 3. The van der Waals surface area contributed by atoms with Crippen LogP contribution in [0.2, 0.25) is 0 Å². The van der Waals surface area contributed by atoms with Gasteiger partial charge in [0, 0.05) is 30.4 Å². The van der Waals surface area contributed by atoms with Crippen LogP contribution in [0.3, 0.4) is 0 Å². The van der Waals surface area contributed by atoms with E-state index < -0.39 is 0 Å². The molecule has 1 aliphatic rings. The van der Waals surface area contributed by atoms with E-state index in [0.29, 0.717) is 18.4 Å². The fourth-order valence-electron chi connectivity index (χ4n) is 2.73. The molecule has 8 nitrogen and oxygen atoms in total. The number of aromatic nitrogens is 4. The van der Waals surface area contributed by atoms with E-state index in [1.54, 1.807) is 6.33 Å². The number of rotatable bonds is 7. The molecule has 0 aliphatic heterocycles. The van der Waals surface area contributed by atoms with Crippen molar-refractivity contribution in [1.82, 2.24) is 19.9 Å². The number of imidazole rings is 1. The molecule has 1 aliphatic carbocycles. The molecule has 0 unspecified atom stereocenters. The van der Waals surface area contributed by atoms with E-state index in [1.165, 1.54) is 0 Å². The van der Waals surface area contributed by atoms with Crippen LogP contribution in [0.15, 0.2) is 30.7 Å². The summed E-state index contributed by atoms with van der Waals surface area (Å²) in [7, 11) is 0. The normalized spacial score (nSPS) is 13.8. The summed E-state index contributed by atoms with van der Waals surface area (Å²) in [6, 6.07) is 5.82. The van der Waals surface area contributed by atoms with E-state index in [9.17, 15) is 4.79 Å². The number of hydrogen-bond acceptors (Lipinski definition) is 6. The average Bonchev–Trinajstić information content (AvgIpc) is 3.32. The highest BCUT2D eigenvalue weighted by molar-refractivity contribution is 5.79. The fourth-order valence-corrected chi connectivity index (χ4v) is 2.73. The SMILES string of the molecule is NC(=O)CCNc1nc(Nc2ccc3nc[nH]c3c2)ncc1C1CC1. The number of amides is 1. The number of benzene rings is 1. The maximum Gasteiger partial charge on any atom is 0.229 e. The number of carbonyl (C=O) groups excluding carboxylic acids is 1. The molecule has 0 spiro atoms. The molecule has 0 bridgehead atoms. The van der Waals surface area contributed by atoms with Crippen LogP contribution in [0.25, 0.3) is 11.0 Å². The second-order valence-electron chi connectivity index (χ2n) is 6.17. The third kappa shape index (κ3) is 3.52. The van der Waals surface area contributed by atoms with Crippen molar-refractivity contribution in [3.05, 3.63) is 36.3 Å². The first-order chi connectivity index (χ1) is 12.2. The van der Waals surface area contributed by atoms with E-state index in [4.69, 9.17) is 5.73 Å². The molecular weight excluding hydrogens is 318 g/mol. The number of nitrogens with one attached hydrogen (secondary N) is 3. The van der Waals surface area contributed by atoms with Crippen LogP contribution in [0.4, 0.5) is 17.5 Å². The van der Waals surface area contributed by atoms with Gasteiger partial charge in [0.15, 0.2) is 0 Å². The zero-order valence-electron chi connectivity index (χ0n) is 13.6. The number of nitrogens with zero attached hydrogens (tertiary/aromatic N) is 3. The van der Waals surface area contributed by atoms with Gasteiger partial charge >= 0.3 is 0 Å². The summed E-state index contributed by atoms with van der Waals surface area (Å²) < 4.78 is 0. The first kappa shape index (κ1) is 15.4. The topological polar surface area (TPSA) is 122 Å². The van der Waals surface area contributed by atoms with Gasteiger partial charge in [-0.3, -0.25) is 4.79 Å². The number of carbonyl (C=O) groups is 1. The molecule has 1 saturated carbocycles. The minimum absolute atomic E-state index is 0.271. The van der Waals surface area contributed by atoms with Crippen LogP contribution >= 0.6 is 0 Å². The third-order valence-electron chi connectivity index (χ3n) is 4.17. The van der Waals surface area contributed by atoms with Crippen molar-refractivity contribution in [2.45, 2.75) is 25.2 Å². The molecule has 5 N–H and O–H groups in total. The average molecular weight is 337 g/mol. The number of aromatic amines is 1. The van der Waals surface area contributed by atoms with Crippen LogP contribution < -0.4 is 16.4 Å². The summed E-state index contributed by atoms with van der Waals surface area (Å²) in [5.41, 5.74) is 9.02. The van der Waals surface area contributed by atoms with Crippen molar-refractivity contribution in [1.29, 1.82) is 0 Å². The summed E-state index contributed by atoms with van der Waals surface area (Å²) in [4.78, 5) is 27.2. The van der Waals surface area contributed by atoms with Gasteiger partial charge in [-0.15, -0.1) is 0 Å². The van der Waals surface area contributed by atoms with Gasteiger partial charge in [0.25, 0.3) is 0 Å². The highest BCUT2D eigenvalue weighted by Gasteiger charge is 2.27. The van der Waals surface area contributed by atoms with Crippen LogP contribution in [0, 0.1) is 0 Å². The summed E-state index contributed by atoms with van der Waals surface area (Å²) in [6.45, 7) is 0.464. The molecule has 0 atom stereocenters. The van der Waals surface area contributed by atoms with E-state index >= 15 is 0 Å². The Morgan fingerprint density at radius 2 is 2.20 bits per heavy atom. The molecule has 2 heterocycles. The van der Waals surface area contributed by atoms with Crippen molar-refractivity contribution in [2.75, 3.05) is 17.2 Å². The van der Waals surface area contributed by atoms with Crippen molar-refractivity contribution >= 4 is 34.4 Å². The van der Waals surface area contributed by atoms with Gasteiger partial charge in [0.05, 0.1) is 17.4 Å². The highest BCUT2D eigenvalue weighted by atomic mass is 16.1. The molecule has 2 aromatic heterocycles. The molecule has 4 rings (SSSR count). The van der Waals surface area contributed by atoms with Crippen molar-refractivity contribution < 1.29 is 4.79 Å². The van der Waals surface area contributed by atoms with Gasteiger partial charge in [-0.05, 0) is 37.0 Å². The first-order valence-corrected chi connectivity index (χ1v) is 8.28. The van der Waals surface area contributed by atoms with Crippen LogP contribution in [-0.2, 0) is 4.79 Å². The minimum Gasteiger partial charge on any atom is -0.370 e. The lowest BCUT2D eigenvalue weighted by molar-refractivity contribution is -0.117. The monoisotopic (exact) mass is 337 g/mol. The quantitative estimate of drug-likeness (QED) is 0.524. The maximum absolute atomic E-state index is 10.9. The van der Waals surface area contributed by atoms with Gasteiger partial charge < -0.3 is 21.4 Å². The van der Waals surface area contributed by atoms with Crippen molar-refractivity contribution in [2.24, 2.45) is 5.73 Å². The number of primary amides is 1. The zero-order valence-corrected chi connectivity index (χ0v) is 13.6. The van der Waals surface area contributed by atoms with Crippen LogP contribution in [-0.4, -0.2) is 32.4 Å². The number of hydrogen-bond donors (Lipinski definition) is 4. The zero-order chi connectivity index (χ0) is 17.2. The molecule has 1 amide bonds.